The van der Waals surface area contributed by atoms with Gasteiger partial charge in [0.1, 0.15) is 0 Å². The van der Waals surface area contributed by atoms with Crippen LogP contribution in [0.2, 0.25) is 0 Å². The van der Waals surface area contributed by atoms with Crippen molar-refractivity contribution in [3.8, 4) is 0 Å². The molecule has 0 aliphatic carbocycles. The second-order valence-corrected chi connectivity index (χ2v) is 7.11. The van der Waals surface area contributed by atoms with Gasteiger partial charge in [0.25, 0.3) is 0 Å². The fourth-order valence-corrected chi connectivity index (χ4v) is 2.45. The van der Waals surface area contributed by atoms with Crippen molar-refractivity contribution in [2.24, 2.45) is 11.1 Å². The molecule has 4 heteroatoms. The van der Waals surface area contributed by atoms with E-state index >= 15 is 0 Å². The van der Waals surface area contributed by atoms with Crippen molar-refractivity contribution in [1.82, 2.24) is 4.90 Å². The smallest absolute Gasteiger partial charge is 0.224 e. The first-order valence-corrected chi connectivity index (χ1v) is 6.85. The molecular weight excluding hydrogens is 228 g/mol. The van der Waals surface area contributed by atoms with Gasteiger partial charge in [0.05, 0.1) is 5.60 Å². The first kappa shape index (κ1) is 15.4. The van der Waals surface area contributed by atoms with Gasteiger partial charge in [-0.1, -0.05) is 20.8 Å². The second-order valence-electron chi connectivity index (χ2n) is 7.11. The predicted molar refractivity (Wildman–Crippen MR) is 73.1 cm³/mol. The average Bonchev–Trinajstić information content (AvgIpc) is 2.13. The molecule has 1 saturated heterocycles. The Morgan fingerprint density at radius 2 is 1.89 bits per heavy atom. The van der Waals surface area contributed by atoms with Crippen LogP contribution in [0.25, 0.3) is 0 Å². The lowest BCUT2D eigenvalue weighted by Crippen LogP contribution is -2.46. The van der Waals surface area contributed by atoms with Crippen LogP contribution < -0.4 is 5.73 Å². The Kier molecular flexibility index (Phi) is 4.78. The van der Waals surface area contributed by atoms with Gasteiger partial charge in [-0.2, -0.15) is 0 Å². The minimum absolute atomic E-state index is 0.0695. The Hall–Kier alpha value is -0.610. The summed E-state index contributed by atoms with van der Waals surface area (Å²) in [6, 6.07) is -0.0695. The molecular formula is C14H28N2O2. The summed E-state index contributed by atoms with van der Waals surface area (Å²) in [5.41, 5.74) is 5.57. The van der Waals surface area contributed by atoms with E-state index in [2.05, 4.69) is 20.8 Å². The second kappa shape index (κ2) is 5.57. The molecule has 0 spiro atoms. The van der Waals surface area contributed by atoms with E-state index < -0.39 is 5.60 Å². The topological polar surface area (TPSA) is 66.6 Å². The normalized spacial score (nSPS) is 21.8. The number of carbonyl (C=O) groups excluding carboxylic acids is 1. The summed E-state index contributed by atoms with van der Waals surface area (Å²) in [7, 11) is 0. The lowest BCUT2D eigenvalue weighted by Gasteiger charge is -2.36. The molecule has 1 amide bonds. The number of amides is 1. The molecule has 1 rings (SSSR count). The highest BCUT2D eigenvalue weighted by Crippen LogP contribution is 2.24. The van der Waals surface area contributed by atoms with E-state index in [-0.39, 0.29) is 17.4 Å². The molecule has 106 valence electrons. The molecule has 0 saturated carbocycles. The summed E-state index contributed by atoms with van der Waals surface area (Å²) in [4.78, 5) is 13.9. The van der Waals surface area contributed by atoms with Crippen molar-refractivity contribution < 1.29 is 9.90 Å². The van der Waals surface area contributed by atoms with E-state index in [1.807, 2.05) is 11.8 Å². The summed E-state index contributed by atoms with van der Waals surface area (Å²) < 4.78 is 0. The van der Waals surface area contributed by atoms with Crippen molar-refractivity contribution in [3.63, 3.8) is 0 Å². The van der Waals surface area contributed by atoms with Crippen LogP contribution in [0, 0.1) is 5.41 Å². The molecule has 1 atom stereocenters. The van der Waals surface area contributed by atoms with Gasteiger partial charge in [0, 0.05) is 25.6 Å². The van der Waals surface area contributed by atoms with Crippen molar-refractivity contribution in [2.75, 3.05) is 13.1 Å². The molecule has 3 N–H and O–H groups in total. The average molecular weight is 256 g/mol. The maximum absolute atomic E-state index is 12.1. The van der Waals surface area contributed by atoms with Crippen molar-refractivity contribution in [2.45, 2.75) is 65.0 Å². The summed E-state index contributed by atoms with van der Waals surface area (Å²) >= 11 is 0. The minimum atomic E-state index is -0.607. The Labute approximate surface area is 111 Å². The number of carbonyl (C=O) groups is 1. The third-order valence-corrected chi connectivity index (χ3v) is 3.50. The van der Waals surface area contributed by atoms with Crippen LogP contribution in [0.3, 0.4) is 0 Å². The number of nitrogens with zero attached hydrogens (tertiary/aromatic N) is 1. The number of aliphatic hydroxyl groups is 1. The minimum Gasteiger partial charge on any atom is -0.390 e. The Morgan fingerprint density at radius 1 is 1.39 bits per heavy atom. The van der Waals surface area contributed by atoms with Crippen LogP contribution in [0.1, 0.15) is 53.4 Å². The number of piperidine rings is 1. The van der Waals surface area contributed by atoms with Gasteiger partial charge in [-0.25, -0.2) is 0 Å². The van der Waals surface area contributed by atoms with Gasteiger partial charge in [-0.3, -0.25) is 4.79 Å². The fraction of sp³-hybridized carbons (Fsp3) is 0.929. The van der Waals surface area contributed by atoms with Crippen LogP contribution in [0.5, 0.6) is 0 Å². The van der Waals surface area contributed by atoms with Crippen LogP contribution in [-0.4, -0.2) is 40.6 Å². The molecule has 0 aromatic carbocycles. The zero-order chi connectivity index (χ0) is 14.0. The van der Waals surface area contributed by atoms with Crippen LogP contribution in [0.4, 0.5) is 0 Å². The molecule has 0 aromatic heterocycles. The summed E-state index contributed by atoms with van der Waals surface area (Å²) in [6.07, 6.45) is 2.59. The first-order chi connectivity index (χ1) is 8.09. The van der Waals surface area contributed by atoms with E-state index in [1.165, 1.54) is 0 Å². The fourth-order valence-electron chi connectivity index (χ4n) is 2.45. The summed E-state index contributed by atoms with van der Waals surface area (Å²) in [5, 5.41) is 9.85. The molecule has 1 aliphatic rings. The van der Waals surface area contributed by atoms with Crippen LogP contribution in [-0.2, 0) is 4.79 Å². The van der Waals surface area contributed by atoms with Gasteiger partial charge in [-0.05, 0) is 31.6 Å². The molecule has 1 heterocycles. The van der Waals surface area contributed by atoms with E-state index in [0.717, 1.165) is 6.42 Å². The standard InChI is InChI=1S/C14H28N2O2/c1-13(2,3)10-11(15)9-12(17)16-7-5-14(4,18)6-8-16/h11,18H,5-10,15H2,1-4H3. The molecule has 0 aromatic rings. The largest absolute Gasteiger partial charge is 0.390 e. The third-order valence-electron chi connectivity index (χ3n) is 3.50. The molecule has 1 fully saturated rings. The van der Waals surface area contributed by atoms with Gasteiger partial charge in [-0.15, -0.1) is 0 Å². The zero-order valence-corrected chi connectivity index (χ0v) is 12.2. The highest BCUT2D eigenvalue weighted by molar-refractivity contribution is 5.76. The predicted octanol–water partition coefficient (Wildman–Crippen LogP) is 1.51. The van der Waals surface area contributed by atoms with Gasteiger partial charge >= 0.3 is 0 Å². The lowest BCUT2D eigenvalue weighted by molar-refractivity contribution is -0.135. The lowest BCUT2D eigenvalue weighted by atomic mass is 9.87. The van der Waals surface area contributed by atoms with E-state index in [0.29, 0.717) is 32.4 Å². The van der Waals surface area contributed by atoms with Crippen LogP contribution in [0.15, 0.2) is 0 Å². The SMILES string of the molecule is CC(C)(C)CC(N)CC(=O)N1CCC(C)(O)CC1. The van der Waals surface area contributed by atoms with Crippen molar-refractivity contribution in [3.05, 3.63) is 0 Å². The first-order valence-electron chi connectivity index (χ1n) is 6.85. The molecule has 4 nitrogen and oxygen atoms in total. The van der Waals surface area contributed by atoms with E-state index in [1.54, 1.807) is 0 Å². The number of hydrogen-bond donors (Lipinski definition) is 2. The Bertz CT molecular complexity index is 285. The van der Waals surface area contributed by atoms with E-state index in [4.69, 9.17) is 5.73 Å². The van der Waals surface area contributed by atoms with Gasteiger partial charge < -0.3 is 15.7 Å². The monoisotopic (exact) mass is 256 g/mol. The van der Waals surface area contributed by atoms with Crippen molar-refractivity contribution >= 4 is 5.91 Å². The highest BCUT2D eigenvalue weighted by atomic mass is 16.3. The molecule has 1 aliphatic heterocycles. The third kappa shape index (κ3) is 5.36. The Morgan fingerprint density at radius 3 is 2.33 bits per heavy atom. The van der Waals surface area contributed by atoms with Crippen molar-refractivity contribution in [1.29, 1.82) is 0 Å². The van der Waals surface area contributed by atoms with Gasteiger partial charge in [0.2, 0.25) is 5.91 Å². The maximum atomic E-state index is 12.1. The maximum Gasteiger partial charge on any atom is 0.224 e. The zero-order valence-electron chi connectivity index (χ0n) is 12.2. The number of rotatable bonds is 3. The van der Waals surface area contributed by atoms with E-state index in [9.17, 15) is 9.90 Å². The van der Waals surface area contributed by atoms with Crippen LogP contribution >= 0.6 is 0 Å². The Balaban J connectivity index is 2.38. The summed E-state index contributed by atoms with van der Waals surface area (Å²) in [6.45, 7) is 9.53. The number of hydrogen-bond acceptors (Lipinski definition) is 3. The number of nitrogens with two attached hydrogens (primary N) is 1. The summed E-state index contributed by atoms with van der Waals surface area (Å²) in [5.74, 6) is 0.127. The quantitative estimate of drug-likeness (QED) is 0.804. The van der Waals surface area contributed by atoms with Gasteiger partial charge in [0.15, 0.2) is 0 Å². The molecule has 0 bridgehead atoms. The molecule has 0 radical (unpaired) electrons. The number of likely N-dealkylation sites (tertiary alicyclic amines) is 1. The molecule has 18 heavy (non-hydrogen) atoms. The molecule has 1 unspecified atom stereocenters. The highest BCUT2D eigenvalue weighted by Gasteiger charge is 2.30.